The number of likely N-dealkylation sites (tertiary alicyclic amines) is 1. The largest absolute Gasteiger partial charge is 0.478 e. The van der Waals surface area contributed by atoms with Crippen LogP contribution in [0.4, 0.5) is 0 Å². The molecule has 1 saturated heterocycles. The van der Waals surface area contributed by atoms with Gasteiger partial charge in [0, 0.05) is 13.1 Å². The lowest BCUT2D eigenvalue weighted by Crippen LogP contribution is -2.38. The van der Waals surface area contributed by atoms with Crippen molar-refractivity contribution in [1.82, 2.24) is 10.2 Å². The molecule has 0 saturated carbocycles. The van der Waals surface area contributed by atoms with E-state index in [1.165, 1.54) is 12.8 Å². The van der Waals surface area contributed by atoms with Crippen molar-refractivity contribution < 1.29 is 9.90 Å². The summed E-state index contributed by atoms with van der Waals surface area (Å²) < 4.78 is 0. The molecule has 0 spiro atoms. The number of hydrogen-bond donors (Lipinski definition) is 2. The molecule has 4 nitrogen and oxygen atoms in total. The van der Waals surface area contributed by atoms with E-state index in [-0.39, 0.29) is 0 Å². The normalized spacial score (nSPS) is 20.4. The van der Waals surface area contributed by atoms with Gasteiger partial charge >= 0.3 is 5.97 Å². The Morgan fingerprint density at radius 1 is 1.53 bits per heavy atom. The van der Waals surface area contributed by atoms with E-state index >= 15 is 0 Å². The zero-order chi connectivity index (χ0) is 13.7. The molecule has 0 aliphatic carbocycles. The smallest absolute Gasteiger partial charge is 0.335 e. The molecule has 2 rings (SSSR count). The molecule has 0 bridgehead atoms. The highest BCUT2D eigenvalue weighted by Gasteiger charge is 2.19. The average Bonchev–Trinajstić information content (AvgIpc) is 2.40. The maximum Gasteiger partial charge on any atom is 0.335 e. The third kappa shape index (κ3) is 4.04. The van der Waals surface area contributed by atoms with Gasteiger partial charge in [0.25, 0.3) is 0 Å². The van der Waals surface area contributed by atoms with E-state index in [0.29, 0.717) is 11.5 Å². The fourth-order valence-electron chi connectivity index (χ4n) is 2.81. The van der Waals surface area contributed by atoms with Gasteiger partial charge in [-0.1, -0.05) is 12.1 Å². The first-order valence-electron chi connectivity index (χ1n) is 6.88. The summed E-state index contributed by atoms with van der Waals surface area (Å²) in [5.74, 6) is -0.144. The molecule has 1 aromatic rings. The minimum absolute atomic E-state index is 0.376. The summed E-state index contributed by atoms with van der Waals surface area (Å²) in [6.07, 6.45) is 2.51. The second kappa shape index (κ2) is 6.68. The maximum absolute atomic E-state index is 11.0. The first-order chi connectivity index (χ1) is 9.19. The molecule has 1 aromatic carbocycles. The summed E-state index contributed by atoms with van der Waals surface area (Å²) in [7, 11) is 2.00. The summed E-state index contributed by atoms with van der Waals surface area (Å²) >= 11 is 0. The van der Waals surface area contributed by atoms with Gasteiger partial charge in [-0.2, -0.15) is 0 Å². The van der Waals surface area contributed by atoms with Crippen molar-refractivity contribution in [2.24, 2.45) is 5.92 Å². The minimum Gasteiger partial charge on any atom is -0.478 e. The van der Waals surface area contributed by atoms with Crippen molar-refractivity contribution in [2.75, 3.05) is 26.7 Å². The van der Waals surface area contributed by atoms with Gasteiger partial charge < -0.3 is 10.4 Å². The molecule has 1 aliphatic rings. The van der Waals surface area contributed by atoms with Gasteiger partial charge in [0.1, 0.15) is 0 Å². The average molecular weight is 262 g/mol. The summed E-state index contributed by atoms with van der Waals surface area (Å²) in [5, 5.41) is 12.2. The standard InChI is InChI=1S/C15H22N2O2/c1-16-9-13-5-3-7-17(11-13)10-12-4-2-6-14(8-12)15(18)19/h2,4,6,8,13,16H,3,5,7,9-11H2,1H3,(H,18,19). The quantitative estimate of drug-likeness (QED) is 0.850. The SMILES string of the molecule is CNCC1CCCN(Cc2cccc(C(=O)O)c2)C1. The van der Waals surface area contributed by atoms with Crippen molar-refractivity contribution in [3.8, 4) is 0 Å². The number of hydrogen-bond acceptors (Lipinski definition) is 3. The molecular weight excluding hydrogens is 240 g/mol. The number of benzene rings is 1. The molecule has 4 heteroatoms. The Bertz CT molecular complexity index is 432. The Hall–Kier alpha value is -1.39. The Balaban J connectivity index is 1.96. The van der Waals surface area contributed by atoms with Crippen LogP contribution in [-0.4, -0.2) is 42.7 Å². The van der Waals surface area contributed by atoms with E-state index in [1.54, 1.807) is 12.1 Å². The van der Waals surface area contributed by atoms with Gasteiger partial charge in [-0.15, -0.1) is 0 Å². The molecule has 1 unspecified atom stereocenters. The predicted molar refractivity (Wildman–Crippen MR) is 75.3 cm³/mol. The van der Waals surface area contributed by atoms with Crippen LogP contribution in [0.3, 0.4) is 0 Å². The van der Waals surface area contributed by atoms with Gasteiger partial charge in [-0.05, 0) is 56.6 Å². The maximum atomic E-state index is 11.0. The van der Waals surface area contributed by atoms with Crippen LogP contribution in [0.5, 0.6) is 0 Å². The first-order valence-corrected chi connectivity index (χ1v) is 6.88. The topological polar surface area (TPSA) is 52.6 Å². The molecule has 0 radical (unpaired) electrons. The molecule has 0 aromatic heterocycles. The van der Waals surface area contributed by atoms with Gasteiger partial charge in [0.2, 0.25) is 0 Å². The lowest BCUT2D eigenvalue weighted by atomic mass is 9.97. The van der Waals surface area contributed by atoms with Crippen molar-refractivity contribution in [1.29, 1.82) is 0 Å². The van der Waals surface area contributed by atoms with Gasteiger partial charge in [0.15, 0.2) is 0 Å². The van der Waals surface area contributed by atoms with Crippen LogP contribution in [-0.2, 0) is 6.54 Å². The lowest BCUT2D eigenvalue weighted by Gasteiger charge is -2.32. The Morgan fingerprint density at radius 2 is 2.37 bits per heavy atom. The van der Waals surface area contributed by atoms with Crippen LogP contribution in [0, 0.1) is 5.92 Å². The second-order valence-corrected chi connectivity index (χ2v) is 5.31. The number of nitrogens with zero attached hydrogens (tertiary/aromatic N) is 1. The van der Waals surface area contributed by atoms with Crippen molar-refractivity contribution in [3.05, 3.63) is 35.4 Å². The molecule has 0 amide bonds. The van der Waals surface area contributed by atoms with Crippen LogP contribution < -0.4 is 5.32 Å². The predicted octanol–water partition coefficient (Wildman–Crippen LogP) is 1.82. The lowest BCUT2D eigenvalue weighted by molar-refractivity contribution is 0.0696. The van der Waals surface area contributed by atoms with Crippen LogP contribution in [0.1, 0.15) is 28.8 Å². The van der Waals surface area contributed by atoms with E-state index in [4.69, 9.17) is 5.11 Å². The van der Waals surface area contributed by atoms with Gasteiger partial charge in [0.05, 0.1) is 5.56 Å². The number of carboxylic acids is 1. The third-order valence-electron chi connectivity index (χ3n) is 3.68. The van der Waals surface area contributed by atoms with Crippen molar-refractivity contribution >= 4 is 5.97 Å². The van der Waals surface area contributed by atoms with Crippen LogP contribution in [0.25, 0.3) is 0 Å². The highest BCUT2D eigenvalue weighted by molar-refractivity contribution is 5.87. The second-order valence-electron chi connectivity index (χ2n) is 5.31. The van der Waals surface area contributed by atoms with Gasteiger partial charge in [-0.3, -0.25) is 4.90 Å². The Morgan fingerprint density at radius 3 is 3.11 bits per heavy atom. The summed E-state index contributed by atoms with van der Waals surface area (Å²) in [4.78, 5) is 13.4. The number of aromatic carboxylic acids is 1. The number of piperidine rings is 1. The summed E-state index contributed by atoms with van der Waals surface area (Å²) in [6.45, 7) is 4.11. The van der Waals surface area contributed by atoms with E-state index in [9.17, 15) is 4.79 Å². The zero-order valence-electron chi connectivity index (χ0n) is 11.4. The Kier molecular flexibility index (Phi) is 4.93. The molecule has 104 valence electrons. The molecule has 1 aliphatic heterocycles. The molecule has 1 atom stereocenters. The molecule has 1 heterocycles. The zero-order valence-corrected chi connectivity index (χ0v) is 11.4. The monoisotopic (exact) mass is 262 g/mol. The number of carboxylic acid groups (broad SMARTS) is 1. The summed E-state index contributed by atoms with van der Waals surface area (Å²) in [6, 6.07) is 7.26. The van der Waals surface area contributed by atoms with Crippen molar-refractivity contribution in [3.63, 3.8) is 0 Å². The molecule has 1 fully saturated rings. The van der Waals surface area contributed by atoms with Gasteiger partial charge in [-0.25, -0.2) is 4.79 Å². The highest BCUT2D eigenvalue weighted by atomic mass is 16.4. The number of nitrogens with one attached hydrogen (secondary N) is 1. The highest BCUT2D eigenvalue weighted by Crippen LogP contribution is 2.18. The fourth-order valence-corrected chi connectivity index (χ4v) is 2.81. The van der Waals surface area contributed by atoms with E-state index in [1.807, 2.05) is 19.2 Å². The fraction of sp³-hybridized carbons (Fsp3) is 0.533. The van der Waals surface area contributed by atoms with E-state index < -0.39 is 5.97 Å². The molecular formula is C15H22N2O2. The molecule has 2 N–H and O–H groups in total. The van der Waals surface area contributed by atoms with Crippen LogP contribution in [0.2, 0.25) is 0 Å². The molecule has 19 heavy (non-hydrogen) atoms. The van der Waals surface area contributed by atoms with Crippen LogP contribution >= 0.6 is 0 Å². The van der Waals surface area contributed by atoms with E-state index in [2.05, 4.69) is 10.2 Å². The van der Waals surface area contributed by atoms with Crippen LogP contribution in [0.15, 0.2) is 24.3 Å². The van der Waals surface area contributed by atoms with E-state index in [0.717, 1.165) is 31.7 Å². The Labute approximate surface area is 114 Å². The minimum atomic E-state index is -0.853. The summed E-state index contributed by atoms with van der Waals surface area (Å²) in [5.41, 5.74) is 1.46. The van der Waals surface area contributed by atoms with Crippen molar-refractivity contribution in [2.45, 2.75) is 19.4 Å². The third-order valence-corrected chi connectivity index (χ3v) is 3.68. The number of carbonyl (C=O) groups is 1. The number of rotatable bonds is 5. The first kappa shape index (κ1) is 14.0.